The Morgan fingerprint density at radius 3 is 2.78 bits per heavy atom. The Morgan fingerprint density at radius 2 is 1.96 bits per heavy atom. The maximum atomic E-state index is 12.8. The van der Waals surface area contributed by atoms with Crippen molar-refractivity contribution in [2.24, 2.45) is 0 Å². The first-order valence-corrected chi connectivity index (χ1v) is 8.53. The lowest BCUT2D eigenvalue weighted by Gasteiger charge is -2.15. The molecule has 122 valence electrons. The van der Waals surface area contributed by atoms with Crippen LogP contribution in [0, 0.1) is 0 Å². The van der Waals surface area contributed by atoms with E-state index in [1.54, 1.807) is 0 Å². The highest BCUT2D eigenvalue weighted by atomic mass is 16.5. The first-order valence-electron chi connectivity index (χ1n) is 8.53. The maximum absolute atomic E-state index is 12.8. The highest BCUT2D eigenvalue weighted by molar-refractivity contribution is 6.05. The number of nitrogens with zero attached hydrogens (tertiary/aromatic N) is 1. The summed E-state index contributed by atoms with van der Waals surface area (Å²) < 4.78 is 5.57. The van der Waals surface area contributed by atoms with Crippen LogP contribution in [0.3, 0.4) is 0 Å². The molecule has 0 bridgehead atoms. The van der Waals surface area contributed by atoms with E-state index in [4.69, 9.17) is 9.72 Å². The van der Waals surface area contributed by atoms with Crippen LogP contribution >= 0.6 is 0 Å². The molecule has 0 amide bonds. The minimum absolute atomic E-state index is 0.192. The summed E-state index contributed by atoms with van der Waals surface area (Å²) in [7, 11) is 4.11. The number of carbonyl (C=O) groups is 1. The maximum Gasteiger partial charge on any atom is 0.339 e. The average Bonchev–Trinajstić information content (AvgIpc) is 2.77. The third-order valence-electron chi connectivity index (χ3n) is 4.46. The number of likely N-dealkylation sites (N-methyl/N-ethyl adjacent to an activating group) is 1. The summed E-state index contributed by atoms with van der Waals surface area (Å²) in [5.41, 5.74) is 3.86. The minimum atomic E-state index is -0.192. The molecule has 0 fully saturated rings. The Balaban J connectivity index is 2.02. The molecule has 1 aliphatic carbocycles. The molecule has 1 heterocycles. The van der Waals surface area contributed by atoms with E-state index in [0.717, 1.165) is 60.0 Å². The van der Waals surface area contributed by atoms with Gasteiger partial charge in [-0.3, -0.25) is 4.98 Å². The predicted octanol–water partition coefficient (Wildman–Crippen LogP) is 1.81. The van der Waals surface area contributed by atoms with Crippen LogP contribution in [0.2, 0.25) is 0 Å². The molecule has 0 radical (unpaired) electrons. The number of rotatable bonds is 4. The van der Waals surface area contributed by atoms with Gasteiger partial charge in [-0.2, -0.15) is 0 Å². The molecule has 1 N–H and O–H groups in total. The van der Waals surface area contributed by atoms with Crippen molar-refractivity contribution in [3.8, 4) is 0 Å². The van der Waals surface area contributed by atoms with E-state index in [0.29, 0.717) is 6.61 Å². The number of fused-ring (bicyclic) bond motifs is 2. The molecular weight excluding hydrogens is 288 g/mol. The first kappa shape index (κ1) is 15.9. The summed E-state index contributed by atoms with van der Waals surface area (Å²) in [5.74, 6) is -0.192. The van der Waals surface area contributed by atoms with Crippen LogP contribution in [0.5, 0.6) is 0 Å². The van der Waals surface area contributed by atoms with Gasteiger partial charge in [0.05, 0.1) is 25.2 Å². The lowest BCUT2D eigenvalue weighted by molar-refractivity contribution is -0.858. The summed E-state index contributed by atoms with van der Waals surface area (Å²) in [6, 6.07) is 7.92. The van der Waals surface area contributed by atoms with Crippen molar-refractivity contribution in [2.45, 2.75) is 32.1 Å². The van der Waals surface area contributed by atoms with Crippen molar-refractivity contribution >= 4 is 16.9 Å². The van der Waals surface area contributed by atoms with Gasteiger partial charge in [0.2, 0.25) is 0 Å². The fraction of sp³-hybridized carbons (Fsp3) is 0.474. The van der Waals surface area contributed by atoms with E-state index in [2.05, 4.69) is 14.1 Å². The van der Waals surface area contributed by atoms with Gasteiger partial charge in [0.1, 0.15) is 13.2 Å². The quantitative estimate of drug-likeness (QED) is 0.691. The molecule has 0 aliphatic heterocycles. The van der Waals surface area contributed by atoms with Gasteiger partial charge < -0.3 is 9.64 Å². The Labute approximate surface area is 137 Å². The number of quaternary nitrogens is 1. The van der Waals surface area contributed by atoms with E-state index in [1.807, 2.05) is 24.3 Å². The van der Waals surface area contributed by atoms with Crippen molar-refractivity contribution in [2.75, 3.05) is 27.2 Å². The van der Waals surface area contributed by atoms with Crippen LogP contribution in [0.4, 0.5) is 0 Å². The number of carbonyl (C=O) groups excluding carboxylic acids is 1. The molecule has 0 saturated carbocycles. The van der Waals surface area contributed by atoms with Crippen molar-refractivity contribution in [1.29, 1.82) is 0 Å². The number of pyridine rings is 1. The van der Waals surface area contributed by atoms with Gasteiger partial charge in [-0.25, -0.2) is 4.79 Å². The van der Waals surface area contributed by atoms with Crippen LogP contribution in [0.1, 0.15) is 40.9 Å². The standard InChI is InChI=1S/C19H24N2O2/c1-21(2)12-13-23-19(22)18-14-8-4-3-5-10-16(14)20-17-11-7-6-9-15(17)18/h6-7,9,11H,3-5,8,10,12-13H2,1-2H3/p+1. The molecule has 23 heavy (non-hydrogen) atoms. The van der Waals surface area contributed by atoms with E-state index < -0.39 is 0 Å². The molecule has 4 nitrogen and oxygen atoms in total. The molecule has 0 unspecified atom stereocenters. The van der Waals surface area contributed by atoms with Gasteiger partial charge in [-0.15, -0.1) is 0 Å². The summed E-state index contributed by atoms with van der Waals surface area (Å²) in [6.07, 6.45) is 5.36. The number of esters is 1. The van der Waals surface area contributed by atoms with E-state index in [1.165, 1.54) is 11.3 Å². The molecule has 0 saturated heterocycles. The lowest BCUT2D eigenvalue weighted by Crippen LogP contribution is -3.06. The Morgan fingerprint density at radius 1 is 1.17 bits per heavy atom. The number of hydrogen-bond acceptors (Lipinski definition) is 3. The molecule has 4 heteroatoms. The van der Waals surface area contributed by atoms with Gasteiger partial charge in [0.25, 0.3) is 0 Å². The van der Waals surface area contributed by atoms with Crippen molar-refractivity contribution in [1.82, 2.24) is 4.98 Å². The van der Waals surface area contributed by atoms with E-state index >= 15 is 0 Å². The van der Waals surface area contributed by atoms with Crippen LogP contribution in [-0.2, 0) is 17.6 Å². The predicted molar refractivity (Wildman–Crippen MR) is 91.0 cm³/mol. The van der Waals surface area contributed by atoms with Crippen molar-refractivity contribution in [3.05, 3.63) is 41.1 Å². The Kier molecular flexibility index (Phi) is 4.91. The highest BCUT2D eigenvalue weighted by Gasteiger charge is 2.22. The molecule has 0 atom stereocenters. The van der Waals surface area contributed by atoms with Crippen LogP contribution in [0.25, 0.3) is 10.9 Å². The third kappa shape index (κ3) is 3.53. The minimum Gasteiger partial charge on any atom is -0.456 e. The summed E-state index contributed by atoms with van der Waals surface area (Å²) >= 11 is 0. The second-order valence-electron chi connectivity index (χ2n) is 6.58. The highest BCUT2D eigenvalue weighted by Crippen LogP contribution is 2.29. The Hall–Kier alpha value is -1.94. The zero-order valence-corrected chi connectivity index (χ0v) is 14.0. The van der Waals surface area contributed by atoms with Gasteiger partial charge in [-0.1, -0.05) is 24.6 Å². The molecular formula is C19H25N2O2+. The number of hydrogen-bond donors (Lipinski definition) is 1. The molecule has 3 rings (SSSR count). The van der Waals surface area contributed by atoms with Crippen LogP contribution in [0.15, 0.2) is 24.3 Å². The van der Waals surface area contributed by atoms with Crippen LogP contribution < -0.4 is 4.90 Å². The monoisotopic (exact) mass is 313 g/mol. The van der Waals surface area contributed by atoms with Crippen LogP contribution in [-0.4, -0.2) is 38.2 Å². The first-order chi connectivity index (χ1) is 11.2. The van der Waals surface area contributed by atoms with Crippen molar-refractivity contribution < 1.29 is 14.4 Å². The summed E-state index contributed by atoms with van der Waals surface area (Å²) in [5, 5.41) is 0.926. The van der Waals surface area contributed by atoms with Gasteiger partial charge >= 0.3 is 5.97 Å². The fourth-order valence-electron chi connectivity index (χ4n) is 3.20. The number of aromatic nitrogens is 1. The third-order valence-corrected chi connectivity index (χ3v) is 4.46. The number of para-hydroxylation sites is 1. The zero-order chi connectivity index (χ0) is 16.2. The number of nitrogens with one attached hydrogen (secondary N) is 1. The number of aryl methyl sites for hydroxylation is 1. The normalized spacial score (nSPS) is 14.6. The number of ether oxygens (including phenoxy) is 1. The molecule has 0 spiro atoms. The molecule has 1 aliphatic rings. The summed E-state index contributed by atoms with van der Waals surface area (Å²) in [4.78, 5) is 18.9. The molecule has 1 aromatic heterocycles. The van der Waals surface area contributed by atoms with E-state index in [-0.39, 0.29) is 5.97 Å². The second-order valence-corrected chi connectivity index (χ2v) is 6.58. The lowest BCUT2D eigenvalue weighted by atomic mass is 9.97. The summed E-state index contributed by atoms with van der Waals surface area (Å²) in [6.45, 7) is 1.27. The largest absolute Gasteiger partial charge is 0.456 e. The van der Waals surface area contributed by atoms with E-state index in [9.17, 15) is 4.79 Å². The second kappa shape index (κ2) is 7.09. The SMILES string of the molecule is C[NH+](C)CCOC(=O)c1c2c(nc3ccccc13)CCCCC2. The van der Waals surface area contributed by atoms with Gasteiger partial charge in [0.15, 0.2) is 0 Å². The topological polar surface area (TPSA) is 43.6 Å². The number of benzene rings is 1. The molecule has 1 aromatic carbocycles. The zero-order valence-electron chi connectivity index (χ0n) is 14.0. The van der Waals surface area contributed by atoms with Gasteiger partial charge in [0, 0.05) is 11.1 Å². The molecule has 2 aromatic rings. The van der Waals surface area contributed by atoms with Gasteiger partial charge in [-0.05, 0) is 37.3 Å². The average molecular weight is 313 g/mol. The van der Waals surface area contributed by atoms with Crippen molar-refractivity contribution in [3.63, 3.8) is 0 Å². The Bertz CT molecular complexity index is 710. The smallest absolute Gasteiger partial charge is 0.339 e. The fourth-order valence-corrected chi connectivity index (χ4v) is 3.20.